The van der Waals surface area contributed by atoms with Crippen LogP contribution < -0.4 is 65.6 Å². The van der Waals surface area contributed by atoms with Crippen molar-refractivity contribution in [1.29, 1.82) is 0 Å². The van der Waals surface area contributed by atoms with Crippen molar-refractivity contribution in [3.8, 4) is 57.5 Å². The SMILES string of the molecule is CCOC(=O)C(C)C(C)=O.COc1cc(N)cc(OC)c1.COc1cc(NC(=O)C(C)C(C)=O)cc(OC)c1.COc1cc(OC)c2c(C)c(C)c(=O)[nH]c2c1.COc1cc(OC)c2c(C)c(C)c(=O)n(C)c2c1.Cc1c(C)c2c(O)cc(O)cc2n(C)c1=O.[CH2]=[V]. The van der Waals surface area contributed by atoms with E-state index >= 15 is 0 Å². The van der Waals surface area contributed by atoms with Crippen LogP contribution in [0.15, 0.2) is 87.2 Å². The van der Waals surface area contributed by atoms with Gasteiger partial charge in [0, 0.05) is 131 Å². The number of carbonyl (C=O) groups excluding carboxylic acids is 4. The number of carbonyl (C=O) groups is 4. The Hall–Kier alpha value is -9.74. The Morgan fingerprint density at radius 3 is 1.35 bits per heavy atom. The van der Waals surface area contributed by atoms with E-state index in [0.29, 0.717) is 80.3 Å². The number of nitrogen functional groups attached to an aromatic ring is 1. The molecule has 23 nitrogen and oxygen atoms in total. The number of amides is 1. The zero-order valence-electron chi connectivity index (χ0n) is 56.3. The fraction of sp³-hybridized carbons (Fsp3) is 0.353. The summed E-state index contributed by atoms with van der Waals surface area (Å²) in [5.41, 5.74) is 13.3. The molecule has 2 atom stereocenters. The van der Waals surface area contributed by atoms with Crippen LogP contribution in [-0.2, 0) is 55.0 Å². The molecule has 0 saturated carbocycles. The van der Waals surface area contributed by atoms with Gasteiger partial charge in [-0.25, -0.2) is 0 Å². The molecule has 0 radical (unpaired) electrons. The first kappa shape index (κ1) is 78.4. The monoisotopic (exact) mass is 1310 g/mol. The van der Waals surface area contributed by atoms with Gasteiger partial charge in [-0.15, -0.1) is 0 Å². The van der Waals surface area contributed by atoms with Crippen LogP contribution in [0.25, 0.3) is 32.7 Å². The summed E-state index contributed by atoms with van der Waals surface area (Å²) in [5.74, 6) is 2.86. The van der Waals surface area contributed by atoms with E-state index in [1.54, 1.807) is 145 Å². The molecule has 24 heteroatoms. The summed E-state index contributed by atoms with van der Waals surface area (Å²) in [4.78, 5) is 82.6. The molecule has 0 aliphatic heterocycles. The number of Topliss-reactive ketones (excluding diaryl/α,β-unsaturated/α-hetero) is 2. The number of benzene rings is 5. The van der Waals surface area contributed by atoms with E-state index < -0.39 is 17.8 Å². The van der Waals surface area contributed by atoms with Gasteiger partial charge in [0.15, 0.2) is 0 Å². The molecular formula is C68H87N5O18V. The zero-order valence-corrected chi connectivity index (χ0v) is 57.7. The Balaban J connectivity index is 0.000000378. The third-order valence-electron chi connectivity index (χ3n) is 14.7. The molecule has 497 valence electrons. The van der Waals surface area contributed by atoms with Gasteiger partial charge in [0.1, 0.15) is 75.0 Å². The number of pyridine rings is 3. The first-order valence-corrected chi connectivity index (χ1v) is 29.3. The van der Waals surface area contributed by atoms with Crippen LogP contribution in [0.1, 0.15) is 68.0 Å². The number of methoxy groups -OCH3 is 8. The summed E-state index contributed by atoms with van der Waals surface area (Å²) < 4.78 is 48.9. The number of hydrogen-bond donors (Lipinski definition) is 5. The minimum absolute atomic E-state index is 0.00815. The number of ether oxygens (including phenoxy) is 9. The molecule has 0 aliphatic rings. The predicted molar refractivity (Wildman–Crippen MR) is 356 cm³/mol. The molecule has 5 aromatic carbocycles. The summed E-state index contributed by atoms with van der Waals surface area (Å²) in [6.45, 7) is 18.9. The second kappa shape index (κ2) is 36.8. The molecule has 6 N–H and O–H groups in total. The molecule has 1 amide bonds. The number of nitrogens with one attached hydrogen (secondary N) is 2. The number of nitrogens with two attached hydrogens (primary N) is 1. The van der Waals surface area contributed by atoms with E-state index in [1.807, 2.05) is 39.0 Å². The molecule has 0 aliphatic carbocycles. The van der Waals surface area contributed by atoms with Gasteiger partial charge in [-0.1, -0.05) is 0 Å². The average Bonchev–Trinajstić information content (AvgIpc) is 0.802. The molecular weight excluding hydrogens is 1230 g/mol. The third kappa shape index (κ3) is 20.4. The Morgan fingerprint density at radius 2 is 0.924 bits per heavy atom. The van der Waals surface area contributed by atoms with Crippen LogP contribution in [0.4, 0.5) is 11.4 Å². The number of aryl methyl sites for hydroxylation is 5. The van der Waals surface area contributed by atoms with Gasteiger partial charge in [0.25, 0.3) is 16.7 Å². The number of aromatic hydroxyl groups is 2. The fourth-order valence-electron chi connectivity index (χ4n) is 8.67. The average molecular weight is 1310 g/mol. The zero-order chi connectivity index (χ0) is 70.2. The normalized spacial score (nSPS) is 10.7. The van der Waals surface area contributed by atoms with E-state index in [9.17, 15) is 43.8 Å². The van der Waals surface area contributed by atoms with Crippen molar-refractivity contribution in [3.63, 3.8) is 0 Å². The number of aromatic amines is 1. The van der Waals surface area contributed by atoms with Gasteiger partial charge >= 0.3 is 28.2 Å². The summed E-state index contributed by atoms with van der Waals surface area (Å²) in [6, 6.07) is 20.3. The second-order valence-electron chi connectivity index (χ2n) is 20.4. The summed E-state index contributed by atoms with van der Waals surface area (Å²) >= 11 is 2.06. The number of phenols is 2. The van der Waals surface area contributed by atoms with Gasteiger partial charge in [-0.05, 0) is 92.9 Å². The van der Waals surface area contributed by atoms with Gasteiger partial charge in [0.05, 0.1) is 86.0 Å². The molecule has 0 spiro atoms. The Morgan fingerprint density at radius 1 is 0.533 bits per heavy atom. The van der Waals surface area contributed by atoms with Gasteiger partial charge < -0.3 is 78.0 Å². The van der Waals surface area contributed by atoms with Crippen molar-refractivity contribution < 1.29 is 89.0 Å². The molecule has 0 saturated heterocycles. The van der Waals surface area contributed by atoms with E-state index in [-0.39, 0.29) is 45.7 Å². The standard InChI is InChI=1S/C14H17NO3.C13H17NO4.C13H15NO3.C12H13NO3.C8H11NO2.C7H12O3.CH2.V/c1-8-9(2)14(16)15(3)11-6-10(17-4)7-12(18-5)13(8)11;1-8(9(2)15)13(16)14-10-5-11(17-3)7-12(6-10)18-4;1-7-8(2)13(15)14-10-5-9(16-3)6-11(17-4)12(7)10;1-6-7(2)12(16)13(3)9-4-8(14)5-10(15)11(6)9;1-10-7-3-6(9)4-8(5-7)11-2;1-4-10-7(9)5(2)6(3)8;;/h6-7H,1-5H3;5-8H,1-4H3,(H,14,16);5-6H,1-4H3,(H,14,15);4-5,14-15H,1-3H3;3-5H,9H2,1-2H3;5H,4H2,1-3H3;1H2;. The number of hydrogen-bond acceptors (Lipinski definition) is 19. The van der Waals surface area contributed by atoms with Crippen molar-refractivity contribution in [2.75, 3.05) is 74.5 Å². The number of H-pyrrole nitrogens is 1. The maximum atomic E-state index is 12.1. The molecule has 8 rings (SSSR count). The number of aromatic nitrogens is 3. The quantitative estimate of drug-likeness (QED) is 0.0384. The third-order valence-corrected chi connectivity index (χ3v) is 14.7. The van der Waals surface area contributed by atoms with Crippen molar-refractivity contribution in [1.82, 2.24) is 14.1 Å². The predicted octanol–water partition coefficient (Wildman–Crippen LogP) is 9.79. The number of ketones is 2. The van der Waals surface area contributed by atoms with Crippen LogP contribution in [0, 0.1) is 53.4 Å². The first-order valence-electron chi connectivity index (χ1n) is 28.4. The van der Waals surface area contributed by atoms with Crippen LogP contribution in [-0.4, -0.2) is 116 Å². The number of anilines is 2. The molecule has 2 unspecified atom stereocenters. The van der Waals surface area contributed by atoms with Crippen molar-refractivity contribution in [2.45, 2.75) is 76.2 Å². The van der Waals surface area contributed by atoms with Crippen molar-refractivity contribution in [2.24, 2.45) is 25.9 Å². The summed E-state index contributed by atoms with van der Waals surface area (Å²) in [7, 11) is 16.0. The van der Waals surface area contributed by atoms with E-state index in [4.69, 9.17) is 43.6 Å². The number of fused-ring (bicyclic) bond motifs is 3. The van der Waals surface area contributed by atoms with Crippen molar-refractivity contribution >= 4 is 72.8 Å². The number of nitrogens with zero attached hydrogens (tertiary/aromatic N) is 2. The summed E-state index contributed by atoms with van der Waals surface area (Å²) in [6.07, 6.45) is 0. The van der Waals surface area contributed by atoms with Gasteiger partial charge in [-0.3, -0.25) is 33.6 Å². The number of phenolic OH excluding ortho intramolecular Hbond substituents is 2. The minimum atomic E-state index is -0.679. The first-order chi connectivity index (χ1) is 43.3. The topological polar surface area (TPSA) is 307 Å². The Labute approximate surface area is 544 Å². The van der Waals surface area contributed by atoms with Crippen molar-refractivity contribution in [3.05, 3.63) is 137 Å². The number of esters is 1. The molecule has 0 fully saturated rings. The molecule has 3 heterocycles. The molecule has 8 aromatic rings. The van der Waals surface area contributed by atoms with E-state index in [2.05, 4.69) is 37.2 Å². The van der Waals surface area contributed by atoms with Crippen LogP contribution >= 0.6 is 0 Å². The summed E-state index contributed by atoms with van der Waals surface area (Å²) in [5, 5.41) is 27.5. The second-order valence-corrected chi connectivity index (χ2v) is 20.4. The van der Waals surface area contributed by atoms with Gasteiger partial charge in [-0.2, -0.15) is 0 Å². The molecule has 0 bridgehead atoms. The van der Waals surface area contributed by atoms with E-state index in [1.165, 1.54) is 44.8 Å². The fourth-order valence-corrected chi connectivity index (χ4v) is 8.67. The van der Waals surface area contributed by atoms with Crippen LogP contribution in [0.3, 0.4) is 0 Å². The van der Waals surface area contributed by atoms with Crippen LogP contribution in [0.5, 0.6) is 57.5 Å². The Bertz CT molecular complexity index is 4050. The molecule has 3 aromatic heterocycles. The molecule has 92 heavy (non-hydrogen) atoms. The van der Waals surface area contributed by atoms with E-state index in [0.717, 1.165) is 49.8 Å². The Kier molecular flexibility index (Phi) is 31.3. The van der Waals surface area contributed by atoms with Gasteiger partial charge in [0.2, 0.25) is 5.91 Å². The maximum absolute atomic E-state index is 12.1. The number of rotatable bonds is 14. The van der Waals surface area contributed by atoms with Crippen LogP contribution in [0.2, 0.25) is 0 Å².